The first-order valence-electron chi connectivity index (χ1n) is 5.39. The highest BCUT2D eigenvalue weighted by atomic mass is 35.5. The van der Waals surface area contributed by atoms with Gasteiger partial charge in [-0.05, 0) is 26.2 Å². The molecule has 0 unspecified atom stereocenters. The SMILES string of the molecule is CN(C)Cc1nc2cc(Cl)cc(Cl)c2c(=O)n1C. The molecular formula is C12H13Cl2N3O. The first kappa shape index (κ1) is 13.3. The first-order chi connectivity index (χ1) is 8.40. The van der Waals surface area contributed by atoms with Gasteiger partial charge in [0.05, 0.1) is 22.5 Å². The number of hydrogen-bond donors (Lipinski definition) is 0. The van der Waals surface area contributed by atoms with Gasteiger partial charge in [0.15, 0.2) is 0 Å². The van der Waals surface area contributed by atoms with E-state index in [1.807, 2.05) is 19.0 Å². The monoisotopic (exact) mass is 285 g/mol. The molecule has 0 aliphatic carbocycles. The third kappa shape index (κ3) is 2.36. The summed E-state index contributed by atoms with van der Waals surface area (Å²) in [6.07, 6.45) is 0. The molecule has 0 aliphatic heterocycles. The van der Waals surface area contributed by atoms with Crippen molar-refractivity contribution >= 4 is 34.1 Å². The van der Waals surface area contributed by atoms with E-state index in [1.54, 1.807) is 19.2 Å². The molecule has 96 valence electrons. The summed E-state index contributed by atoms with van der Waals surface area (Å²) in [7, 11) is 5.53. The lowest BCUT2D eigenvalue weighted by atomic mass is 10.2. The third-order valence-corrected chi connectivity index (χ3v) is 3.16. The molecule has 0 bridgehead atoms. The van der Waals surface area contributed by atoms with E-state index in [1.165, 1.54) is 4.57 Å². The number of fused-ring (bicyclic) bond motifs is 1. The average molecular weight is 286 g/mol. The number of aromatic nitrogens is 2. The van der Waals surface area contributed by atoms with Crippen molar-refractivity contribution in [3.05, 3.63) is 38.4 Å². The predicted octanol–water partition coefficient (Wildman–Crippen LogP) is 2.30. The summed E-state index contributed by atoms with van der Waals surface area (Å²) in [6.45, 7) is 0.575. The van der Waals surface area contributed by atoms with E-state index in [2.05, 4.69) is 4.98 Å². The Labute approximate surface area is 115 Å². The van der Waals surface area contributed by atoms with Gasteiger partial charge in [-0.2, -0.15) is 0 Å². The molecule has 1 aromatic heterocycles. The first-order valence-corrected chi connectivity index (χ1v) is 6.15. The number of nitrogens with zero attached hydrogens (tertiary/aromatic N) is 3. The third-order valence-electron chi connectivity index (χ3n) is 2.65. The van der Waals surface area contributed by atoms with Gasteiger partial charge in [-0.1, -0.05) is 23.2 Å². The van der Waals surface area contributed by atoms with Crippen molar-refractivity contribution in [3.63, 3.8) is 0 Å². The summed E-state index contributed by atoms with van der Waals surface area (Å²) in [5, 5.41) is 1.22. The van der Waals surface area contributed by atoms with Gasteiger partial charge in [0, 0.05) is 12.1 Å². The highest BCUT2D eigenvalue weighted by molar-refractivity contribution is 6.38. The van der Waals surface area contributed by atoms with E-state index in [-0.39, 0.29) is 5.56 Å². The molecule has 2 aromatic rings. The maximum atomic E-state index is 12.2. The molecule has 1 aromatic carbocycles. The molecular weight excluding hydrogens is 273 g/mol. The number of hydrogen-bond acceptors (Lipinski definition) is 3. The van der Waals surface area contributed by atoms with E-state index in [9.17, 15) is 4.79 Å². The fraction of sp³-hybridized carbons (Fsp3) is 0.333. The summed E-state index contributed by atoms with van der Waals surface area (Å²) < 4.78 is 1.52. The molecule has 0 fully saturated rings. The lowest BCUT2D eigenvalue weighted by Gasteiger charge is -2.13. The van der Waals surface area contributed by atoms with E-state index in [0.717, 1.165) is 0 Å². The molecule has 0 atom stereocenters. The largest absolute Gasteiger partial charge is 0.302 e. The van der Waals surface area contributed by atoms with Crippen LogP contribution in [0.1, 0.15) is 5.82 Å². The van der Waals surface area contributed by atoms with E-state index in [0.29, 0.717) is 33.3 Å². The normalized spacial score (nSPS) is 11.4. The van der Waals surface area contributed by atoms with Crippen molar-refractivity contribution in [3.8, 4) is 0 Å². The Morgan fingerprint density at radius 1 is 1.33 bits per heavy atom. The Morgan fingerprint density at radius 2 is 2.00 bits per heavy atom. The van der Waals surface area contributed by atoms with Crippen molar-refractivity contribution < 1.29 is 0 Å². The Morgan fingerprint density at radius 3 is 2.61 bits per heavy atom. The fourth-order valence-electron chi connectivity index (χ4n) is 1.78. The van der Waals surface area contributed by atoms with Crippen molar-refractivity contribution in [1.29, 1.82) is 0 Å². The standard InChI is InChI=1S/C12H13Cl2N3O/c1-16(2)6-10-15-9-5-7(13)4-8(14)11(9)12(18)17(10)3/h4-5H,6H2,1-3H3. The van der Waals surface area contributed by atoms with Crippen LogP contribution in [-0.2, 0) is 13.6 Å². The zero-order valence-electron chi connectivity index (χ0n) is 10.4. The molecule has 0 saturated carbocycles. The van der Waals surface area contributed by atoms with Gasteiger partial charge in [-0.3, -0.25) is 9.36 Å². The Balaban J connectivity index is 2.79. The summed E-state index contributed by atoms with van der Waals surface area (Å²) in [5.41, 5.74) is 0.381. The zero-order valence-corrected chi connectivity index (χ0v) is 11.9. The van der Waals surface area contributed by atoms with E-state index < -0.39 is 0 Å². The van der Waals surface area contributed by atoms with Gasteiger partial charge in [-0.15, -0.1) is 0 Å². The Hall–Kier alpha value is -1.10. The minimum atomic E-state index is -0.154. The van der Waals surface area contributed by atoms with Gasteiger partial charge in [-0.25, -0.2) is 4.98 Å². The summed E-state index contributed by atoms with van der Waals surface area (Å²) in [6, 6.07) is 3.21. The number of benzene rings is 1. The molecule has 0 aliphatic rings. The molecule has 0 N–H and O–H groups in total. The van der Waals surface area contributed by atoms with Gasteiger partial charge in [0.2, 0.25) is 0 Å². The Kier molecular flexibility index (Phi) is 3.61. The summed E-state index contributed by atoms with van der Waals surface area (Å²) in [4.78, 5) is 18.6. The van der Waals surface area contributed by atoms with Crippen molar-refractivity contribution in [1.82, 2.24) is 14.5 Å². The van der Waals surface area contributed by atoms with Crippen molar-refractivity contribution in [2.24, 2.45) is 7.05 Å². The van der Waals surface area contributed by atoms with Crippen LogP contribution in [0, 0.1) is 0 Å². The maximum absolute atomic E-state index is 12.2. The van der Waals surface area contributed by atoms with E-state index in [4.69, 9.17) is 23.2 Å². The van der Waals surface area contributed by atoms with Crippen LogP contribution in [0.5, 0.6) is 0 Å². The molecule has 0 amide bonds. The van der Waals surface area contributed by atoms with Gasteiger partial charge < -0.3 is 4.90 Å². The molecule has 0 saturated heterocycles. The van der Waals surface area contributed by atoms with Gasteiger partial charge in [0.1, 0.15) is 5.82 Å². The predicted molar refractivity (Wildman–Crippen MR) is 74.4 cm³/mol. The fourth-order valence-corrected chi connectivity index (χ4v) is 2.35. The second kappa shape index (κ2) is 4.88. The highest BCUT2D eigenvalue weighted by Crippen LogP contribution is 2.24. The second-order valence-corrected chi connectivity index (χ2v) is 5.26. The quantitative estimate of drug-likeness (QED) is 0.850. The van der Waals surface area contributed by atoms with Crippen LogP contribution in [0.2, 0.25) is 10.0 Å². The topological polar surface area (TPSA) is 38.1 Å². The van der Waals surface area contributed by atoms with Crippen molar-refractivity contribution in [2.45, 2.75) is 6.54 Å². The molecule has 18 heavy (non-hydrogen) atoms. The molecule has 2 rings (SSSR count). The number of rotatable bonds is 2. The molecule has 0 spiro atoms. The van der Waals surface area contributed by atoms with Crippen LogP contribution in [0.15, 0.2) is 16.9 Å². The zero-order chi connectivity index (χ0) is 13.4. The highest BCUT2D eigenvalue weighted by Gasteiger charge is 2.12. The van der Waals surface area contributed by atoms with Crippen LogP contribution in [0.25, 0.3) is 10.9 Å². The van der Waals surface area contributed by atoms with Crippen LogP contribution >= 0.6 is 23.2 Å². The second-order valence-electron chi connectivity index (χ2n) is 4.41. The maximum Gasteiger partial charge on any atom is 0.262 e. The van der Waals surface area contributed by atoms with E-state index >= 15 is 0 Å². The van der Waals surface area contributed by atoms with Crippen LogP contribution in [0.4, 0.5) is 0 Å². The minimum Gasteiger partial charge on any atom is -0.302 e. The van der Waals surface area contributed by atoms with Crippen molar-refractivity contribution in [2.75, 3.05) is 14.1 Å². The molecule has 4 nitrogen and oxygen atoms in total. The van der Waals surface area contributed by atoms with Gasteiger partial charge >= 0.3 is 0 Å². The summed E-state index contributed by atoms with van der Waals surface area (Å²) >= 11 is 12.0. The molecule has 6 heteroatoms. The van der Waals surface area contributed by atoms with Gasteiger partial charge in [0.25, 0.3) is 5.56 Å². The smallest absolute Gasteiger partial charge is 0.262 e. The summed E-state index contributed by atoms with van der Waals surface area (Å²) in [5.74, 6) is 0.677. The average Bonchev–Trinajstić information content (AvgIpc) is 2.23. The Bertz CT molecular complexity index is 664. The van der Waals surface area contributed by atoms with Crippen LogP contribution in [-0.4, -0.2) is 28.5 Å². The lowest BCUT2D eigenvalue weighted by Crippen LogP contribution is -2.26. The molecule has 0 radical (unpaired) electrons. The van der Waals surface area contributed by atoms with Crippen LogP contribution in [0.3, 0.4) is 0 Å². The number of halogens is 2. The minimum absolute atomic E-state index is 0.154. The molecule has 1 heterocycles. The van der Waals surface area contributed by atoms with Crippen LogP contribution < -0.4 is 5.56 Å². The lowest BCUT2D eigenvalue weighted by molar-refractivity contribution is 0.382.